The van der Waals surface area contributed by atoms with Crippen LogP contribution in [0.5, 0.6) is 0 Å². The second-order valence-electron chi connectivity index (χ2n) is 5.61. The highest BCUT2D eigenvalue weighted by Crippen LogP contribution is 2.16. The largest absolute Gasteiger partial charge is 0.349 e. The standard InChI is InChI=1S/C17H20N4O2/c1-6-20-10(2)7-14(13(20)5)16(22)9-21-17(23)15(8-18)11(3)12(4)19-21/h7H,6,9H2,1-5H3. The molecule has 2 aromatic heterocycles. The van der Waals surface area contributed by atoms with Gasteiger partial charge in [-0.05, 0) is 46.2 Å². The summed E-state index contributed by atoms with van der Waals surface area (Å²) in [6.07, 6.45) is 0. The molecule has 0 aromatic carbocycles. The minimum absolute atomic E-state index is 0.0457. The van der Waals surface area contributed by atoms with Crippen LogP contribution in [0.3, 0.4) is 0 Å². The van der Waals surface area contributed by atoms with Crippen molar-refractivity contribution >= 4 is 5.78 Å². The van der Waals surface area contributed by atoms with Gasteiger partial charge in [-0.15, -0.1) is 0 Å². The maximum absolute atomic E-state index is 12.6. The highest BCUT2D eigenvalue weighted by Gasteiger charge is 2.18. The molecule has 2 aromatic rings. The number of hydrogen-bond donors (Lipinski definition) is 0. The van der Waals surface area contributed by atoms with Gasteiger partial charge in [0.05, 0.1) is 5.69 Å². The zero-order valence-electron chi connectivity index (χ0n) is 14.1. The van der Waals surface area contributed by atoms with E-state index >= 15 is 0 Å². The van der Waals surface area contributed by atoms with Crippen LogP contribution in [0.25, 0.3) is 0 Å². The van der Waals surface area contributed by atoms with E-state index in [1.165, 1.54) is 0 Å². The molecule has 0 bridgehead atoms. The number of nitriles is 1. The van der Waals surface area contributed by atoms with Gasteiger partial charge in [0.15, 0.2) is 5.78 Å². The lowest BCUT2D eigenvalue weighted by Crippen LogP contribution is -2.30. The first-order chi connectivity index (χ1) is 10.8. The zero-order chi connectivity index (χ0) is 17.3. The van der Waals surface area contributed by atoms with Crippen molar-refractivity contribution in [1.82, 2.24) is 14.3 Å². The molecule has 0 amide bonds. The van der Waals surface area contributed by atoms with Gasteiger partial charge < -0.3 is 4.57 Å². The Labute approximate surface area is 135 Å². The predicted molar refractivity (Wildman–Crippen MR) is 86.6 cm³/mol. The summed E-state index contributed by atoms with van der Waals surface area (Å²) in [5.41, 5.74) is 3.14. The smallest absolute Gasteiger partial charge is 0.285 e. The molecule has 0 aliphatic rings. The number of aryl methyl sites for hydroxylation is 2. The number of ketones is 1. The van der Waals surface area contributed by atoms with Crippen molar-refractivity contribution in [2.45, 2.75) is 47.7 Å². The van der Waals surface area contributed by atoms with E-state index in [4.69, 9.17) is 5.26 Å². The van der Waals surface area contributed by atoms with Gasteiger partial charge in [-0.3, -0.25) is 9.59 Å². The van der Waals surface area contributed by atoms with Crippen molar-refractivity contribution in [1.29, 1.82) is 5.26 Å². The molecule has 0 spiro atoms. The maximum atomic E-state index is 12.6. The first kappa shape index (κ1) is 16.7. The van der Waals surface area contributed by atoms with Crippen molar-refractivity contribution in [2.75, 3.05) is 0 Å². The fourth-order valence-electron chi connectivity index (χ4n) is 2.80. The van der Waals surface area contributed by atoms with Crippen LogP contribution in [-0.2, 0) is 13.1 Å². The van der Waals surface area contributed by atoms with Crippen molar-refractivity contribution in [3.63, 3.8) is 0 Å². The third-order valence-corrected chi connectivity index (χ3v) is 4.23. The zero-order valence-corrected chi connectivity index (χ0v) is 14.1. The van der Waals surface area contributed by atoms with Gasteiger partial charge in [0, 0.05) is 23.5 Å². The number of rotatable bonds is 4. The highest BCUT2D eigenvalue weighted by molar-refractivity contribution is 5.97. The molecule has 23 heavy (non-hydrogen) atoms. The summed E-state index contributed by atoms with van der Waals surface area (Å²) >= 11 is 0. The minimum atomic E-state index is -0.520. The first-order valence-corrected chi connectivity index (χ1v) is 7.50. The van der Waals surface area contributed by atoms with Crippen molar-refractivity contribution in [3.05, 3.63) is 50.2 Å². The molecule has 2 heterocycles. The minimum Gasteiger partial charge on any atom is -0.349 e. The lowest BCUT2D eigenvalue weighted by molar-refractivity contribution is 0.0964. The molecule has 0 atom stereocenters. The number of nitrogens with zero attached hydrogens (tertiary/aromatic N) is 4. The fourth-order valence-corrected chi connectivity index (χ4v) is 2.80. The van der Waals surface area contributed by atoms with Gasteiger partial charge in [0.1, 0.15) is 18.2 Å². The molecular weight excluding hydrogens is 292 g/mol. The van der Waals surface area contributed by atoms with Gasteiger partial charge >= 0.3 is 0 Å². The van der Waals surface area contributed by atoms with Crippen LogP contribution >= 0.6 is 0 Å². The molecule has 0 aliphatic heterocycles. The van der Waals surface area contributed by atoms with Gasteiger partial charge in [0.25, 0.3) is 5.56 Å². The van der Waals surface area contributed by atoms with Crippen molar-refractivity contribution < 1.29 is 4.79 Å². The molecule has 2 rings (SSSR count). The summed E-state index contributed by atoms with van der Waals surface area (Å²) in [5, 5.41) is 13.3. The second kappa shape index (κ2) is 6.21. The average molecular weight is 312 g/mol. The molecule has 0 aliphatic carbocycles. The van der Waals surface area contributed by atoms with E-state index in [0.717, 1.165) is 22.6 Å². The molecule has 0 unspecified atom stereocenters. The number of hydrogen-bond acceptors (Lipinski definition) is 4. The van der Waals surface area contributed by atoms with Gasteiger partial charge in [-0.1, -0.05) is 0 Å². The van der Waals surface area contributed by atoms with Gasteiger partial charge in [-0.25, -0.2) is 4.68 Å². The van der Waals surface area contributed by atoms with E-state index in [-0.39, 0.29) is 17.9 Å². The molecular formula is C17H20N4O2. The van der Waals surface area contributed by atoms with Gasteiger partial charge in [-0.2, -0.15) is 10.4 Å². The van der Waals surface area contributed by atoms with Crippen LogP contribution in [0, 0.1) is 39.0 Å². The van der Waals surface area contributed by atoms with E-state index in [1.807, 2.05) is 37.5 Å². The molecule has 120 valence electrons. The summed E-state index contributed by atoms with van der Waals surface area (Å²) in [6, 6.07) is 3.73. The number of carbonyl (C=O) groups excluding carboxylic acids is 1. The number of Topliss-reactive ketones (excluding diaryl/α,β-unsaturated/α-hetero) is 1. The van der Waals surface area contributed by atoms with E-state index in [2.05, 4.69) is 5.10 Å². The Morgan fingerprint density at radius 2 is 1.96 bits per heavy atom. The third kappa shape index (κ3) is 2.82. The Morgan fingerprint density at radius 3 is 2.48 bits per heavy atom. The van der Waals surface area contributed by atoms with Crippen molar-refractivity contribution in [2.24, 2.45) is 0 Å². The monoisotopic (exact) mass is 312 g/mol. The normalized spacial score (nSPS) is 10.6. The summed E-state index contributed by atoms with van der Waals surface area (Å²) in [5.74, 6) is -0.181. The molecule has 0 fully saturated rings. The quantitative estimate of drug-likeness (QED) is 0.809. The summed E-state index contributed by atoms with van der Waals surface area (Å²) < 4.78 is 3.13. The van der Waals surface area contributed by atoms with Crippen LogP contribution in [-0.4, -0.2) is 20.1 Å². The number of aromatic nitrogens is 3. The van der Waals surface area contributed by atoms with E-state index in [0.29, 0.717) is 16.8 Å². The molecule has 0 saturated carbocycles. The number of carbonyl (C=O) groups is 1. The van der Waals surface area contributed by atoms with Crippen LogP contribution in [0.1, 0.15) is 45.5 Å². The topological polar surface area (TPSA) is 80.7 Å². The summed E-state index contributed by atoms with van der Waals surface area (Å²) in [6.45, 7) is 9.88. The lowest BCUT2D eigenvalue weighted by Gasteiger charge is -2.09. The Hall–Kier alpha value is -2.68. The molecule has 0 saturated heterocycles. The SMILES string of the molecule is CCn1c(C)cc(C(=O)Cn2nc(C)c(C)c(C#N)c2=O)c1C. The van der Waals surface area contributed by atoms with Crippen LogP contribution in [0.2, 0.25) is 0 Å². The summed E-state index contributed by atoms with van der Waals surface area (Å²) in [4.78, 5) is 24.8. The molecule has 0 radical (unpaired) electrons. The third-order valence-electron chi connectivity index (χ3n) is 4.23. The highest BCUT2D eigenvalue weighted by atomic mass is 16.1. The first-order valence-electron chi connectivity index (χ1n) is 7.50. The Balaban J connectivity index is 2.45. The van der Waals surface area contributed by atoms with Gasteiger partial charge in [0.2, 0.25) is 0 Å². The second-order valence-corrected chi connectivity index (χ2v) is 5.61. The predicted octanol–water partition coefficient (Wildman–Crippen LogP) is 2.05. The van der Waals surface area contributed by atoms with Crippen LogP contribution < -0.4 is 5.56 Å². The van der Waals surface area contributed by atoms with Crippen LogP contribution in [0.4, 0.5) is 0 Å². The Morgan fingerprint density at radius 1 is 1.30 bits per heavy atom. The molecule has 0 N–H and O–H groups in total. The molecule has 6 nitrogen and oxygen atoms in total. The van der Waals surface area contributed by atoms with E-state index in [9.17, 15) is 9.59 Å². The average Bonchev–Trinajstić information content (AvgIpc) is 2.79. The fraction of sp³-hybridized carbons (Fsp3) is 0.412. The lowest BCUT2D eigenvalue weighted by atomic mass is 10.1. The van der Waals surface area contributed by atoms with E-state index in [1.54, 1.807) is 13.8 Å². The maximum Gasteiger partial charge on any atom is 0.285 e. The van der Waals surface area contributed by atoms with Crippen molar-refractivity contribution in [3.8, 4) is 6.07 Å². The van der Waals surface area contributed by atoms with Crippen LogP contribution in [0.15, 0.2) is 10.9 Å². The molecule has 6 heteroatoms. The summed E-state index contributed by atoms with van der Waals surface area (Å²) in [7, 11) is 0. The van der Waals surface area contributed by atoms with E-state index < -0.39 is 5.56 Å². The Bertz CT molecular complexity index is 881. The Kier molecular flexibility index (Phi) is 4.50.